The van der Waals surface area contributed by atoms with Gasteiger partial charge in [0.1, 0.15) is 0 Å². The summed E-state index contributed by atoms with van der Waals surface area (Å²) in [7, 11) is 0. The van der Waals surface area contributed by atoms with Gasteiger partial charge in [-0.2, -0.15) is 0 Å². The van der Waals surface area contributed by atoms with E-state index >= 15 is 0 Å². The SMILES string of the molecule is CC(C(=O)NC1CCC(C)C1C)C(N)=NO. The minimum atomic E-state index is -0.576. The summed E-state index contributed by atoms with van der Waals surface area (Å²) in [5.41, 5.74) is 5.39. The molecule has 0 aromatic rings. The monoisotopic (exact) mass is 227 g/mol. The summed E-state index contributed by atoms with van der Waals surface area (Å²) in [4.78, 5) is 11.8. The van der Waals surface area contributed by atoms with E-state index in [1.807, 2.05) is 0 Å². The lowest BCUT2D eigenvalue weighted by molar-refractivity contribution is -0.123. The number of nitrogens with one attached hydrogen (secondary N) is 1. The number of carbonyl (C=O) groups excluding carboxylic acids is 1. The van der Waals surface area contributed by atoms with Crippen LogP contribution in [0.4, 0.5) is 0 Å². The van der Waals surface area contributed by atoms with Crippen LogP contribution in [0.15, 0.2) is 5.16 Å². The molecule has 0 heterocycles. The van der Waals surface area contributed by atoms with Gasteiger partial charge in [0.05, 0.1) is 5.92 Å². The molecule has 4 atom stereocenters. The molecule has 1 fully saturated rings. The van der Waals surface area contributed by atoms with Crippen LogP contribution in [-0.2, 0) is 4.79 Å². The summed E-state index contributed by atoms with van der Waals surface area (Å²) in [6, 6.07) is 0.219. The molecular weight excluding hydrogens is 206 g/mol. The van der Waals surface area contributed by atoms with E-state index < -0.39 is 5.92 Å². The average molecular weight is 227 g/mol. The third-order valence-electron chi connectivity index (χ3n) is 3.75. The number of nitrogens with two attached hydrogens (primary N) is 1. The van der Waals surface area contributed by atoms with Crippen LogP contribution in [0, 0.1) is 17.8 Å². The van der Waals surface area contributed by atoms with Crippen molar-refractivity contribution in [2.24, 2.45) is 28.6 Å². The molecule has 5 heteroatoms. The highest BCUT2D eigenvalue weighted by atomic mass is 16.4. The second kappa shape index (κ2) is 5.18. The van der Waals surface area contributed by atoms with E-state index in [4.69, 9.17) is 10.9 Å². The Hall–Kier alpha value is -1.26. The molecule has 1 saturated carbocycles. The molecule has 0 bridgehead atoms. The molecule has 4 unspecified atom stereocenters. The van der Waals surface area contributed by atoms with E-state index in [9.17, 15) is 4.79 Å². The smallest absolute Gasteiger partial charge is 0.230 e. The van der Waals surface area contributed by atoms with Crippen LogP contribution in [0.2, 0.25) is 0 Å². The van der Waals surface area contributed by atoms with Crippen molar-refractivity contribution < 1.29 is 10.0 Å². The maximum atomic E-state index is 11.8. The molecule has 0 radical (unpaired) electrons. The van der Waals surface area contributed by atoms with Gasteiger partial charge in [-0.1, -0.05) is 19.0 Å². The second-order valence-electron chi connectivity index (χ2n) is 4.78. The van der Waals surface area contributed by atoms with E-state index in [1.165, 1.54) is 0 Å². The van der Waals surface area contributed by atoms with Crippen molar-refractivity contribution in [3.8, 4) is 0 Å². The zero-order chi connectivity index (χ0) is 12.3. The van der Waals surface area contributed by atoms with E-state index in [-0.39, 0.29) is 17.8 Å². The van der Waals surface area contributed by atoms with Crippen LogP contribution in [0.25, 0.3) is 0 Å². The Morgan fingerprint density at radius 1 is 1.50 bits per heavy atom. The standard InChI is InChI=1S/C11H21N3O2/c1-6-4-5-9(7(6)2)13-11(15)8(3)10(12)14-16/h6-9,16H,4-5H2,1-3H3,(H2,12,14)(H,13,15). The minimum Gasteiger partial charge on any atom is -0.409 e. The largest absolute Gasteiger partial charge is 0.409 e. The van der Waals surface area contributed by atoms with Gasteiger partial charge in [-0.25, -0.2) is 0 Å². The van der Waals surface area contributed by atoms with Crippen LogP contribution < -0.4 is 11.1 Å². The highest BCUT2D eigenvalue weighted by Crippen LogP contribution is 2.31. The summed E-state index contributed by atoms with van der Waals surface area (Å²) < 4.78 is 0. The van der Waals surface area contributed by atoms with Crippen molar-refractivity contribution in [1.82, 2.24) is 5.32 Å². The van der Waals surface area contributed by atoms with Crippen LogP contribution >= 0.6 is 0 Å². The Morgan fingerprint density at radius 2 is 2.12 bits per heavy atom. The van der Waals surface area contributed by atoms with Gasteiger partial charge in [-0.15, -0.1) is 0 Å². The normalized spacial score (nSPS) is 32.4. The first kappa shape index (κ1) is 12.8. The number of oxime groups is 1. The molecule has 16 heavy (non-hydrogen) atoms. The molecule has 0 aliphatic heterocycles. The topological polar surface area (TPSA) is 87.7 Å². The maximum Gasteiger partial charge on any atom is 0.230 e. The first-order valence-electron chi connectivity index (χ1n) is 5.75. The minimum absolute atomic E-state index is 0.0452. The number of carbonyl (C=O) groups is 1. The van der Waals surface area contributed by atoms with Crippen LogP contribution in [0.1, 0.15) is 33.6 Å². The molecule has 0 saturated heterocycles. The molecule has 4 N–H and O–H groups in total. The molecule has 1 amide bonds. The number of hydrogen-bond acceptors (Lipinski definition) is 3. The van der Waals surface area contributed by atoms with Gasteiger partial charge in [0.15, 0.2) is 5.84 Å². The quantitative estimate of drug-likeness (QED) is 0.290. The fourth-order valence-electron chi connectivity index (χ4n) is 2.10. The van der Waals surface area contributed by atoms with Gasteiger partial charge in [-0.3, -0.25) is 4.79 Å². The molecule has 0 aromatic heterocycles. The predicted molar refractivity (Wildman–Crippen MR) is 62.1 cm³/mol. The van der Waals surface area contributed by atoms with Crippen LogP contribution in [-0.4, -0.2) is 23.0 Å². The summed E-state index contributed by atoms with van der Waals surface area (Å²) in [5, 5.41) is 14.3. The Morgan fingerprint density at radius 3 is 2.56 bits per heavy atom. The zero-order valence-corrected chi connectivity index (χ0v) is 10.1. The lowest BCUT2D eigenvalue weighted by Crippen LogP contribution is -2.43. The molecule has 0 aromatic carbocycles. The highest BCUT2D eigenvalue weighted by Gasteiger charge is 2.32. The van der Waals surface area contributed by atoms with Gasteiger partial charge in [0.25, 0.3) is 0 Å². The van der Waals surface area contributed by atoms with Gasteiger partial charge in [0.2, 0.25) is 5.91 Å². The lowest BCUT2D eigenvalue weighted by Gasteiger charge is -2.21. The molecular formula is C11H21N3O2. The maximum absolute atomic E-state index is 11.8. The molecule has 1 aliphatic rings. The number of nitrogens with zero attached hydrogens (tertiary/aromatic N) is 1. The summed E-state index contributed by atoms with van der Waals surface area (Å²) in [6.45, 7) is 5.98. The first-order valence-corrected chi connectivity index (χ1v) is 5.75. The second-order valence-corrected chi connectivity index (χ2v) is 4.78. The van der Waals surface area contributed by atoms with Gasteiger partial charge >= 0.3 is 0 Å². The zero-order valence-electron chi connectivity index (χ0n) is 10.1. The Labute approximate surface area is 96.1 Å². The van der Waals surface area contributed by atoms with Gasteiger partial charge in [0, 0.05) is 6.04 Å². The van der Waals surface area contributed by atoms with Crippen LogP contribution in [0.3, 0.4) is 0 Å². The third kappa shape index (κ3) is 2.65. The number of hydrogen-bond donors (Lipinski definition) is 3. The fraction of sp³-hybridized carbons (Fsp3) is 0.818. The van der Waals surface area contributed by atoms with Crippen molar-refractivity contribution in [3.63, 3.8) is 0 Å². The molecule has 1 aliphatic carbocycles. The molecule has 0 spiro atoms. The van der Waals surface area contributed by atoms with Crippen molar-refractivity contribution >= 4 is 11.7 Å². The van der Waals surface area contributed by atoms with Crippen molar-refractivity contribution in [3.05, 3.63) is 0 Å². The molecule has 92 valence electrons. The van der Waals surface area contributed by atoms with Gasteiger partial charge in [-0.05, 0) is 31.6 Å². The van der Waals surface area contributed by atoms with E-state index in [0.29, 0.717) is 11.8 Å². The molecule has 1 rings (SSSR count). The Balaban J connectivity index is 2.52. The number of amidine groups is 1. The number of rotatable bonds is 3. The number of amides is 1. The van der Waals surface area contributed by atoms with Crippen molar-refractivity contribution in [1.29, 1.82) is 0 Å². The lowest BCUT2D eigenvalue weighted by atomic mass is 9.97. The van der Waals surface area contributed by atoms with Gasteiger partial charge < -0.3 is 16.3 Å². The fourth-order valence-corrected chi connectivity index (χ4v) is 2.10. The summed E-state index contributed by atoms with van der Waals surface area (Å²) in [5.74, 6) is 0.346. The van der Waals surface area contributed by atoms with E-state index in [0.717, 1.165) is 12.8 Å². The van der Waals surface area contributed by atoms with Crippen molar-refractivity contribution in [2.75, 3.05) is 0 Å². The first-order chi connectivity index (χ1) is 7.47. The Kier molecular flexibility index (Phi) is 4.15. The highest BCUT2D eigenvalue weighted by molar-refractivity contribution is 6.01. The average Bonchev–Trinajstić information content (AvgIpc) is 2.58. The predicted octanol–water partition coefficient (Wildman–Crippen LogP) is 0.920. The Bertz CT molecular complexity index is 291. The van der Waals surface area contributed by atoms with E-state index in [1.54, 1.807) is 6.92 Å². The van der Waals surface area contributed by atoms with Crippen molar-refractivity contribution in [2.45, 2.75) is 39.7 Å². The summed E-state index contributed by atoms with van der Waals surface area (Å²) >= 11 is 0. The molecule has 5 nitrogen and oxygen atoms in total. The van der Waals surface area contributed by atoms with E-state index in [2.05, 4.69) is 24.3 Å². The van der Waals surface area contributed by atoms with Crippen LogP contribution in [0.5, 0.6) is 0 Å². The third-order valence-corrected chi connectivity index (χ3v) is 3.75. The summed E-state index contributed by atoms with van der Waals surface area (Å²) in [6.07, 6.45) is 2.15.